The van der Waals surface area contributed by atoms with Gasteiger partial charge >= 0.3 is 33.9 Å². The van der Waals surface area contributed by atoms with E-state index in [4.69, 9.17) is 24.2 Å². The van der Waals surface area contributed by atoms with Gasteiger partial charge in [-0.25, -0.2) is 15.2 Å². The zero-order valence-corrected chi connectivity index (χ0v) is 43.9. The summed E-state index contributed by atoms with van der Waals surface area (Å²) in [6.07, 6.45) is 3.20. The van der Waals surface area contributed by atoms with Gasteiger partial charge in [-0.2, -0.15) is 0 Å². The Bertz CT molecular complexity index is 2240. The van der Waals surface area contributed by atoms with Crippen molar-refractivity contribution in [2.75, 3.05) is 54.1 Å². The molecule has 4 unspecified atom stereocenters. The Morgan fingerprint density at radius 1 is 1.15 bits per heavy atom. The van der Waals surface area contributed by atoms with E-state index in [0.717, 1.165) is 51.1 Å². The van der Waals surface area contributed by atoms with Crippen molar-refractivity contribution >= 4 is 81.5 Å². The van der Waals surface area contributed by atoms with Crippen LogP contribution in [0.1, 0.15) is 77.3 Å². The third-order valence-corrected chi connectivity index (χ3v) is 14.3. The van der Waals surface area contributed by atoms with Gasteiger partial charge in [0.1, 0.15) is 11.3 Å². The normalized spacial score (nSPS) is 16.9. The van der Waals surface area contributed by atoms with Crippen LogP contribution in [0.2, 0.25) is 4.87 Å². The molecule has 18 heteroatoms. The quantitative estimate of drug-likeness (QED) is 0.0569. The number of hydrogen-bond acceptors (Lipinski definition) is 12. The first kappa shape index (κ1) is 52.2. The summed E-state index contributed by atoms with van der Waals surface area (Å²) in [7, 11) is 4.99. The van der Waals surface area contributed by atoms with Crippen LogP contribution in [0.3, 0.4) is 0 Å². The topological polar surface area (TPSA) is 160 Å². The summed E-state index contributed by atoms with van der Waals surface area (Å²) in [5.74, 6) is -0.263. The fourth-order valence-electron chi connectivity index (χ4n) is 8.21. The van der Waals surface area contributed by atoms with Gasteiger partial charge in [0.25, 0.3) is 12.4 Å². The number of urea groups is 1. The molecule has 0 spiro atoms. The number of methoxy groups -OCH3 is 2. The van der Waals surface area contributed by atoms with Crippen LogP contribution in [0.4, 0.5) is 4.79 Å². The summed E-state index contributed by atoms with van der Waals surface area (Å²) in [6, 6.07) is 9.33. The zero-order chi connectivity index (χ0) is 47.6. The van der Waals surface area contributed by atoms with Crippen molar-refractivity contribution in [1.29, 1.82) is 0 Å². The van der Waals surface area contributed by atoms with Crippen LogP contribution in [-0.4, -0.2) is 148 Å². The Kier molecular flexibility index (Phi) is 19.1. The monoisotopic (exact) mass is 1040 g/mol. The maximum atomic E-state index is 14.3. The van der Waals surface area contributed by atoms with Gasteiger partial charge in [0, 0.05) is 86.3 Å². The van der Waals surface area contributed by atoms with Gasteiger partial charge in [-0.05, 0) is 80.3 Å². The Labute approximate surface area is 406 Å². The van der Waals surface area contributed by atoms with Crippen LogP contribution >= 0.6 is 23.3 Å². The standard InChI is InChI=1S/C46H64N8O7S2.CH3.Sb/c1-11-53-38-15-14-31(19-34(38)35(21-46(6,7)26-61-27-55)41(53)33-13-12-17-47-40(33)30(5)59-9)37-25-62-39(49-37)20-36(44(57)54-18-16-29(4)22-48-54)50-43(56)42(28(2)3)63-51(8)45(58)52-23-32(24-52)60-10;;/h12-15,17,19,25,27-30,32,36,42,48H,11,16,18,20-24,26H2,1-10H3,(H,50,56);1H3;. The van der Waals surface area contributed by atoms with Crippen LogP contribution in [0.5, 0.6) is 0 Å². The van der Waals surface area contributed by atoms with E-state index in [-0.39, 0.29) is 49.0 Å². The van der Waals surface area contributed by atoms with Crippen molar-refractivity contribution in [3.05, 3.63) is 58.2 Å². The maximum absolute atomic E-state index is 14.3. The van der Waals surface area contributed by atoms with Crippen molar-refractivity contribution in [3.63, 3.8) is 0 Å². The van der Waals surface area contributed by atoms with Crippen LogP contribution in [0, 0.1) is 17.3 Å². The molecule has 4 atom stereocenters. The molecule has 65 heavy (non-hydrogen) atoms. The van der Waals surface area contributed by atoms with Crippen LogP contribution < -0.4 is 10.7 Å². The molecule has 5 heterocycles. The number of likely N-dealkylation sites (tertiary alicyclic amines) is 1. The molecule has 2 aliphatic heterocycles. The summed E-state index contributed by atoms with van der Waals surface area (Å²) in [4.78, 5) is 66.5. The van der Waals surface area contributed by atoms with E-state index < -0.39 is 16.7 Å². The molecular weight excluding hydrogens is 974 g/mol. The van der Waals surface area contributed by atoms with E-state index in [9.17, 15) is 19.2 Å². The second-order valence-corrected chi connectivity index (χ2v) is 20.0. The summed E-state index contributed by atoms with van der Waals surface area (Å²) >= 11 is 4.37. The number of nitrogens with one attached hydrogen (secondary N) is 2. The third kappa shape index (κ3) is 12.6. The number of rotatable bonds is 19. The molecule has 0 saturated carbocycles. The molecule has 1 aromatic carbocycles. The molecule has 6 rings (SSSR count). The number of aromatic nitrogens is 3. The molecule has 2 N–H and O–H groups in total. The molecule has 4 amide bonds. The number of nitrogens with zero attached hydrogens (tertiary/aromatic N) is 6. The SMILES string of the molecule is CCn1c(-c2cccnc2C(C)OC)c(CC(C)(C)COC=O)c2cc(-c3csc(CC(NC(=O)C(SN(C)C(=O)N4CC(OC)C4)C(C)C)C(=O)N4CCC(C)CN4)n3)ccc21.[CH3][Sb]. The Hall–Kier alpha value is -3.73. The fraction of sp³-hybridized carbons (Fsp3) is 0.574. The van der Waals surface area contributed by atoms with Gasteiger partial charge < -0.3 is 29.0 Å². The molecule has 2 radical (unpaired) electrons. The number of benzene rings is 1. The van der Waals surface area contributed by atoms with Gasteiger partial charge in [0.2, 0.25) is 5.91 Å². The van der Waals surface area contributed by atoms with Crippen molar-refractivity contribution in [1.82, 2.24) is 39.5 Å². The molecule has 0 bridgehead atoms. The summed E-state index contributed by atoms with van der Waals surface area (Å²) in [5.41, 5.74) is 9.55. The number of pyridine rings is 1. The number of thiazole rings is 1. The molecule has 2 aliphatic rings. The number of hydrogen-bond donors (Lipinski definition) is 2. The predicted octanol–water partition coefficient (Wildman–Crippen LogP) is 6.95. The van der Waals surface area contributed by atoms with Crippen molar-refractivity contribution < 1.29 is 33.4 Å². The summed E-state index contributed by atoms with van der Waals surface area (Å²) < 4.78 is 20.3. The molecule has 2 saturated heterocycles. The van der Waals surface area contributed by atoms with Crippen LogP contribution in [0.25, 0.3) is 33.4 Å². The molecule has 4 aromatic rings. The minimum absolute atomic E-state index is 0.0152. The summed E-state index contributed by atoms with van der Waals surface area (Å²) in [5, 5.41) is 7.83. The van der Waals surface area contributed by atoms with Gasteiger partial charge in [-0.15, -0.1) is 11.3 Å². The van der Waals surface area contributed by atoms with E-state index in [1.165, 1.54) is 27.6 Å². The molecule has 0 aliphatic carbocycles. The second-order valence-electron chi connectivity index (χ2n) is 17.8. The number of carbonyl (C=O) groups is 4. The van der Waals surface area contributed by atoms with Crippen molar-refractivity contribution in [2.24, 2.45) is 17.3 Å². The van der Waals surface area contributed by atoms with Gasteiger partial charge in [-0.1, -0.05) is 40.7 Å². The molecular formula is C47H67N8O7S2Sb. The number of carbonyl (C=O) groups excluding carboxylic acids is 4. The Morgan fingerprint density at radius 2 is 1.89 bits per heavy atom. The Balaban J connectivity index is 0.00000391. The van der Waals surface area contributed by atoms with Crippen molar-refractivity contribution in [2.45, 2.75) is 103 Å². The Morgan fingerprint density at radius 3 is 2.52 bits per heavy atom. The predicted molar refractivity (Wildman–Crippen MR) is 259 cm³/mol. The molecule has 3 aromatic heterocycles. The van der Waals surface area contributed by atoms with Gasteiger partial charge in [-0.3, -0.25) is 28.7 Å². The van der Waals surface area contributed by atoms with E-state index in [1.54, 1.807) is 60.4 Å². The second kappa shape index (κ2) is 23.8. The average Bonchev–Trinajstić information content (AvgIpc) is 3.88. The van der Waals surface area contributed by atoms with E-state index in [0.29, 0.717) is 56.5 Å². The van der Waals surface area contributed by atoms with E-state index in [2.05, 4.69) is 72.1 Å². The van der Waals surface area contributed by atoms with E-state index >= 15 is 0 Å². The number of amides is 4. The van der Waals surface area contributed by atoms with Gasteiger partial charge in [0.05, 0.1) is 54.0 Å². The fourth-order valence-corrected chi connectivity index (χ4v) is 10.0. The van der Waals surface area contributed by atoms with E-state index in [1.807, 2.05) is 32.2 Å². The third-order valence-electron chi connectivity index (χ3n) is 12.0. The first-order chi connectivity index (χ1) is 31.1. The minimum atomic E-state index is -0.896. The number of ether oxygens (including phenoxy) is 3. The molecule has 15 nitrogen and oxygen atoms in total. The molecule has 2 fully saturated rings. The van der Waals surface area contributed by atoms with Crippen LogP contribution in [-0.2, 0) is 48.0 Å². The first-order valence-electron chi connectivity index (χ1n) is 22.2. The first-order valence-corrected chi connectivity index (χ1v) is 26.5. The number of fused-ring (bicyclic) bond motifs is 1. The van der Waals surface area contributed by atoms with Crippen LogP contribution in [0.15, 0.2) is 41.9 Å². The average molecular weight is 1040 g/mol. The number of hydrazine groups is 1. The van der Waals surface area contributed by atoms with Gasteiger partial charge in [0.15, 0.2) is 0 Å². The van der Waals surface area contributed by atoms with Crippen molar-refractivity contribution in [3.8, 4) is 22.5 Å². The number of aryl methyl sites for hydroxylation is 1. The zero-order valence-electron chi connectivity index (χ0n) is 39.8. The summed E-state index contributed by atoms with van der Waals surface area (Å²) in [6.45, 7) is 18.0. The molecule has 354 valence electrons.